The maximum absolute atomic E-state index is 13.8. The van der Waals surface area contributed by atoms with Crippen molar-refractivity contribution < 1.29 is 9.53 Å². The van der Waals surface area contributed by atoms with Gasteiger partial charge in [-0.25, -0.2) is 0 Å². The average molecular weight is 454 g/mol. The van der Waals surface area contributed by atoms with E-state index >= 15 is 0 Å². The highest BCUT2D eigenvalue weighted by atomic mass is 32.1. The first-order valence-electron chi connectivity index (χ1n) is 11.0. The summed E-state index contributed by atoms with van der Waals surface area (Å²) in [5, 5.41) is 1.67. The predicted octanol–water partition coefficient (Wildman–Crippen LogP) is 5.13. The maximum atomic E-state index is 13.8. The summed E-state index contributed by atoms with van der Waals surface area (Å²) in [5.74, 6) is 0.612. The highest BCUT2D eigenvalue weighted by molar-refractivity contribution is 7.80. The van der Waals surface area contributed by atoms with Crippen molar-refractivity contribution in [2.24, 2.45) is 0 Å². The molecule has 0 bridgehead atoms. The molecule has 164 valence electrons. The van der Waals surface area contributed by atoms with E-state index in [9.17, 15) is 4.79 Å². The van der Waals surface area contributed by atoms with E-state index in [-0.39, 0.29) is 18.0 Å². The summed E-state index contributed by atoms with van der Waals surface area (Å²) in [6, 6.07) is 23.8. The van der Waals surface area contributed by atoms with Crippen molar-refractivity contribution in [1.82, 2.24) is 9.88 Å². The van der Waals surface area contributed by atoms with Crippen molar-refractivity contribution in [1.29, 1.82) is 0 Å². The molecule has 1 aromatic heterocycles. The van der Waals surface area contributed by atoms with Gasteiger partial charge >= 0.3 is 0 Å². The summed E-state index contributed by atoms with van der Waals surface area (Å²) in [4.78, 5) is 21.2. The molecule has 0 spiro atoms. The summed E-state index contributed by atoms with van der Waals surface area (Å²) < 4.78 is 5.56. The molecular formula is C27H23N3O2S. The molecule has 3 aromatic carbocycles. The number of aryl methyl sites for hydroxylation is 1. The van der Waals surface area contributed by atoms with Gasteiger partial charge < -0.3 is 14.6 Å². The summed E-state index contributed by atoms with van der Waals surface area (Å²) in [7, 11) is 1.61. The third-order valence-corrected chi connectivity index (χ3v) is 7.16. The molecule has 1 saturated heterocycles. The van der Waals surface area contributed by atoms with Crippen LogP contribution >= 0.6 is 12.2 Å². The standard InChI is InChI=1S/C27H23N3O2S/c1-16-11-13-17(14-12-16)25-24-19(18-7-3-4-8-20(18)28-24)15-22-26(31)30(27(33)29(22)25)21-9-5-6-10-23(21)32-2/h3-14,22,25,28H,15H2,1-2H3/t22-,25-/m1/s1. The number of anilines is 1. The Bertz CT molecular complexity index is 1410. The van der Waals surface area contributed by atoms with Crippen molar-refractivity contribution in [3.8, 4) is 5.75 Å². The highest BCUT2D eigenvalue weighted by Crippen LogP contribution is 2.46. The molecule has 33 heavy (non-hydrogen) atoms. The van der Waals surface area contributed by atoms with Crippen molar-refractivity contribution in [3.05, 3.63) is 95.2 Å². The average Bonchev–Trinajstić information content (AvgIpc) is 3.33. The fourth-order valence-electron chi connectivity index (χ4n) is 5.21. The molecule has 6 rings (SSSR count). The third kappa shape index (κ3) is 2.91. The molecule has 4 aromatic rings. The number of benzene rings is 3. The van der Waals surface area contributed by atoms with Gasteiger partial charge in [0, 0.05) is 23.0 Å². The Kier molecular flexibility index (Phi) is 4.52. The van der Waals surface area contributed by atoms with Gasteiger partial charge in [0.2, 0.25) is 0 Å². The minimum Gasteiger partial charge on any atom is -0.495 e. The van der Waals surface area contributed by atoms with E-state index in [1.54, 1.807) is 12.0 Å². The van der Waals surface area contributed by atoms with Crippen molar-refractivity contribution >= 4 is 39.8 Å². The molecule has 6 heteroatoms. The molecule has 1 N–H and O–H groups in total. The minimum absolute atomic E-state index is 0.0162. The minimum atomic E-state index is -0.375. The number of thiocarbonyl (C=S) groups is 1. The van der Waals surface area contributed by atoms with Crippen LogP contribution < -0.4 is 9.64 Å². The molecule has 2 aliphatic heterocycles. The van der Waals surface area contributed by atoms with Crippen LogP contribution in [0.15, 0.2) is 72.8 Å². The van der Waals surface area contributed by atoms with E-state index in [0.29, 0.717) is 23.0 Å². The van der Waals surface area contributed by atoms with E-state index < -0.39 is 0 Å². The number of carbonyl (C=O) groups is 1. The molecule has 0 unspecified atom stereocenters. The molecule has 1 fully saturated rings. The van der Waals surface area contributed by atoms with Gasteiger partial charge in [0.15, 0.2) is 5.11 Å². The van der Waals surface area contributed by atoms with Crippen LogP contribution in [0.1, 0.15) is 28.4 Å². The first kappa shape index (κ1) is 20.0. The largest absolute Gasteiger partial charge is 0.495 e. The number of aromatic nitrogens is 1. The number of hydrogen-bond acceptors (Lipinski definition) is 3. The molecule has 2 aliphatic rings. The quantitative estimate of drug-likeness (QED) is 0.437. The fourth-order valence-corrected chi connectivity index (χ4v) is 5.63. The number of para-hydroxylation sites is 3. The van der Waals surface area contributed by atoms with Gasteiger partial charge in [-0.2, -0.15) is 0 Å². The van der Waals surface area contributed by atoms with Gasteiger partial charge in [-0.15, -0.1) is 0 Å². The first-order valence-corrected chi connectivity index (χ1v) is 11.4. The summed E-state index contributed by atoms with van der Waals surface area (Å²) >= 11 is 5.98. The van der Waals surface area contributed by atoms with Crippen LogP contribution in [0.3, 0.4) is 0 Å². The number of H-pyrrole nitrogens is 1. The van der Waals surface area contributed by atoms with E-state index in [1.807, 2.05) is 36.4 Å². The van der Waals surface area contributed by atoms with Crippen LogP contribution in [0.2, 0.25) is 0 Å². The topological polar surface area (TPSA) is 48.6 Å². The second-order valence-corrected chi connectivity index (χ2v) is 9.00. The molecule has 1 amide bonds. The number of methoxy groups -OCH3 is 1. The summed E-state index contributed by atoms with van der Waals surface area (Å²) in [5.41, 5.74) is 6.36. The van der Waals surface area contributed by atoms with Crippen LogP contribution in [0.25, 0.3) is 10.9 Å². The zero-order valence-electron chi connectivity index (χ0n) is 18.4. The Hall–Kier alpha value is -3.64. The van der Waals surface area contributed by atoms with Crippen molar-refractivity contribution in [2.75, 3.05) is 12.0 Å². The van der Waals surface area contributed by atoms with Crippen LogP contribution in [0.4, 0.5) is 5.69 Å². The number of ether oxygens (including phenoxy) is 1. The van der Waals surface area contributed by atoms with Crippen LogP contribution in [-0.2, 0) is 11.2 Å². The van der Waals surface area contributed by atoms with Crippen LogP contribution in [0, 0.1) is 6.92 Å². The Morgan fingerprint density at radius 2 is 1.73 bits per heavy atom. The fraction of sp³-hybridized carbons (Fsp3) is 0.185. The molecular weight excluding hydrogens is 430 g/mol. The van der Waals surface area contributed by atoms with Gasteiger partial charge in [0.05, 0.1) is 18.8 Å². The first-order chi connectivity index (χ1) is 16.1. The van der Waals surface area contributed by atoms with Gasteiger partial charge in [0.25, 0.3) is 5.91 Å². The smallest absolute Gasteiger partial charge is 0.256 e. The lowest BCUT2D eigenvalue weighted by Gasteiger charge is -2.37. The van der Waals surface area contributed by atoms with Gasteiger partial charge in [-0.05, 0) is 48.5 Å². The number of amides is 1. The van der Waals surface area contributed by atoms with Gasteiger partial charge in [-0.1, -0.05) is 60.2 Å². The van der Waals surface area contributed by atoms with Crippen molar-refractivity contribution in [2.45, 2.75) is 25.4 Å². The number of fused-ring (bicyclic) bond motifs is 4. The zero-order chi connectivity index (χ0) is 22.7. The molecule has 0 radical (unpaired) electrons. The second kappa shape index (κ2) is 7.46. The molecule has 3 heterocycles. The normalized spacial score (nSPS) is 19.7. The summed E-state index contributed by atoms with van der Waals surface area (Å²) in [6.45, 7) is 2.08. The van der Waals surface area contributed by atoms with Crippen molar-refractivity contribution in [3.63, 3.8) is 0 Å². The number of nitrogens with zero attached hydrogens (tertiary/aromatic N) is 2. The number of carbonyl (C=O) groups excluding carboxylic acids is 1. The van der Waals surface area contributed by atoms with Gasteiger partial charge in [-0.3, -0.25) is 9.69 Å². The van der Waals surface area contributed by atoms with E-state index in [0.717, 1.165) is 16.8 Å². The lowest BCUT2D eigenvalue weighted by Crippen LogP contribution is -2.44. The lowest BCUT2D eigenvalue weighted by atomic mass is 9.88. The highest BCUT2D eigenvalue weighted by Gasteiger charge is 2.51. The Labute approximate surface area is 197 Å². The number of hydrogen-bond donors (Lipinski definition) is 1. The van der Waals surface area contributed by atoms with Crippen LogP contribution in [-0.4, -0.2) is 34.1 Å². The Balaban J connectivity index is 1.55. The molecule has 5 nitrogen and oxygen atoms in total. The van der Waals surface area contributed by atoms with Crippen LogP contribution in [0.5, 0.6) is 5.75 Å². The van der Waals surface area contributed by atoms with E-state index in [1.165, 1.54) is 16.5 Å². The zero-order valence-corrected chi connectivity index (χ0v) is 19.2. The molecule has 2 atom stereocenters. The van der Waals surface area contributed by atoms with Gasteiger partial charge in [0.1, 0.15) is 11.8 Å². The number of aromatic amines is 1. The van der Waals surface area contributed by atoms with E-state index in [4.69, 9.17) is 17.0 Å². The molecule has 0 aliphatic carbocycles. The lowest BCUT2D eigenvalue weighted by molar-refractivity contribution is -0.120. The SMILES string of the molecule is COc1ccccc1N1C(=O)[C@H]2Cc3c([nH]c4ccccc34)[C@@H](c3ccc(C)cc3)N2C1=S. The Morgan fingerprint density at radius 3 is 2.52 bits per heavy atom. The van der Waals surface area contributed by atoms with E-state index in [2.05, 4.69) is 53.2 Å². The predicted molar refractivity (Wildman–Crippen MR) is 134 cm³/mol. The number of nitrogens with one attached hydrogen (secondary N) is 1. The third-order valence-electron chi connectivity index (χ3n) is 6.77. The summed E-state index contributed by atoms with van der Waals surface area (Å²) in [6.07, 6.45) is 0.604. The number of rotatable bonds is 3. The second-order valence-electron chi connectivity index (χ2n) is 8.63. The monoisotopic (exact) mass is 453 g/mol. The maximum Gasteiger partial charge on any atom is 0.256 e. The molecule has 0 saturated carbocycles. The Morgan fingerprint density at radius 1 is 1.00 bits per heavy atom.